The number of nitrogens with zero attached hydrogens (tertiary/aromatic N) is 1. The number of benzene rings is 2. The van der Waals surface area contributed by atoms with Crippen molar-refractivity contribution in [2.75, 3.05) is 25.1 Å². The number of alkyl halides is 3. The van der Waals surface area contributed by atoms with E-state index in [1.54, 1.807) is 35.2 Å². The maximum absolute atomic E-state index is 12.8. The van der Waals surface area contributed by atoms with Gasteiger partial charge in [0.15, 0.2) is 6.61 Å². The van der Waals surface area contributed by atoms with Crippen LogP contribution in [0, 0.1) is 0 Å². The fourth-order valence-electron chi connectivity index (χ4n) is 3.58. The van der Waals surface area contributed by atoms with Gasteiger partial charge in [0.05, 0.1) is 23.1 Å². The van der Waals surface area contributed by atoms with Gasteiger partial charge in [0.2, 0.25) is 0 Å². The highest BCUT2D eigenvalue weighted by atomic mass is 32.2. The van der Waals surface area contributed by atoms with Crippen LogP contribution in [-0.2, 0) is 20.5 Å². The van der Waals surface area contributed by atoms with Crippen LogP contribution in [0.1, 0.15) is 24.0 Å². The first-order valence-electron chi connectivity index (χ1n) is 10.8. The molecule has 0 saturated carbocycles. The number of anilines is 1. The van der Waals surface area contributed by atoms with E-state index in [0.29, 0.717) is 28.1 Å². The zero-order valence-electron chi connectivity index (χ0n) is 18.3. The number of nitrogens with one attached hydrogen (secondary N) is 1. The molecule has 2 aromatic rings. The first-order valence-corrected chi connectivity index (χ1v) is 12.0. The van der Waals surface area contributed by atoms with Gasteiger partial charge in [0.25, 0.3) is 11.8 Å². The average Bonchev–Trinajstić information content (AvgIpc) is 3.42. The van der Waals surface area contributed by atoms with Gasteiger partial charge in [-0.05, 0) is 54.8 Å². The van der Waals surface area contributed by atoms with Crippen molar-refractivity contribution < 1.29 is 32.2 Å². The van der Waals surface area contributed by atoms with Crippen LogP contribution in [0.4, 0.5) is 18.9 Å². The Morgan fingerprint density at radius 2 is 2.03 bits per heavy atom. The SMILES string of the molecule is O=C(COc1ccc(/C=C2\SC(=S)N(C[C@@H]3CCCO3)C2=O)cc1)Nc1cccc(C(F)(F)F)c1. The van der Waals surface area contributed by atoms with E-state index < -0.39 is 17.6 Å². The summed E-state index contributed by atoms with van der Waals surface area (Å²) in [6.07, 6.45) is -0.853. The topological polar surface area (TPSA) is 67.9 Å². The molecule has 2 saturated heterocycles. The number of carbonyl (C=O) groups is 2. The van der Waals surface area contributed by atoms with Gasteiger partial charge in [-0.2, -0.15) is 13.2 Å². The maximum Gasteiger partial charge on any atom is 0.416 e. The fraction of sp³-hybridized carbons (Fsp3) is 0.292. The predicted octanol–water partition coefficient (Wildman–Crippen LogP) is 5.10. The van der Waals surface area contributed by atoms with E-state index in [4.69, 9.17) is 21.7 Å². The predicted molar refractivity (Wildman–Crippen MR) is 131 cm³/mol. The van der Waals surface area contributed by atoms with Crippen molar-refractivity contribution in [1.82, 2.24) is 4.90 Å². The second-order valence-corrected chi connectivity index (χ2v) is 9.59. The van der Waals surface area contributed by atoms with E-state index in [2.05, 4.69) is 5.32 Å². The maximum atomic E-state index is 12.8. The molecule has 0 aromatic heterocycles. The van der Waals surface area contributed by atoms with E-state index in [1.165, 1.54) is 23.9 Å². The molecular weight excluding hydrogens is 501 g/mol. The zero-order chi connectivity index (χ0) is 25.0. The van der Waals surface area contributed by atoms with Crippen LogP contribution < -0.4 is 10.1 Å². The Bertz CT molecular complexity index is 1150. The van der Waals surface area contributed by atoms with Crippen LogP contribution in [0.2, 0.25) is 0 Å². The van der Waals surface area contributed by atoms with Crippen molar-refractivity contribution in [3.8, 4) is 5.75 Å². The highest BCUT2D eigenvalue weighted by Crippen LogP contribution is 2.34. The van der Waals surface area contributed by atoms with Gasteiger partial charge in [-0.25, -0.2) is 0 Å². The van der Waals surface area contributed by atoms with Crippen LogP contribution in [0.3, 0.4) is 0 Å². The van der Waals surface area contributed by atoms with Gasteiger partial charge in [0.1, 0.15) is 10.1 Å². The number of hydrogen-bond donors (Lipinski definition) is 1. The quantitative estimate of drug-likeness (QED) is 0.403. The van der Waals surface area contributed by atoms with Crippen molar-refractivity contribution in [3.05, 3.63) is 64.6 Å². The average molecular weight is 523 g/mol. The largest absolute Gasteiger partial charge is 0.484 e. The Hall–Kier alpha value is -2.89. The number of halogens is 3. The van der Waals surface area contributed by atoms with Gasteiger partial charge in [-0.15, -0.1) is 0 Å². The Morgan fingerprint density at radius 1 is 1.26 bits per heavy atom. The van der Waals surface area contributed by atoms with Crippen LogP contribution in [0.5, 0.6) is 5.75 Å². The Morgan fingerprint density at radius 3 is 2.71 bits per heavy atom. The summed E-state index contributed by atoms with van der Waals surface area (Å²) < 4.78 is 49.9. The van der Waals surface area contributed by atoms with E-state index in [-0.39, 0.29) is 24.3 Å². The molecule has 2 aliphatic heterocycles. The van der Waals surface area contributed by atoms with Crippen molar-refractivity contribution in [2.24, 2.45) is 0 Å². The van der Waals surface area contributed by atoms with E-state index in [0.717, 1.165) is 30.5 Å². The third-order valence-corrected chi connectivity index (χ3v) is 6.68. The van der Waals surface area contributed by atoms with Crippen LogP contribution in [0.15, 0.2) is 53.4 Å². The van der Waals surface area contributed by atoms with Crippen molar-refractivity contribution >= 4 is 51.9 Å². The minimum atomic E-state index is -4.50. The molecule has 2 aromatic carbocycles. The summed E-state index contributed by atoms with van der Waals surface area (Å²) in [7, 11) is 0. The van der Waals surface area contributed by atoms with Crippen molar-refractivity contribution in [1.29, 1.82) is 0 Å². The lowest BCUT2D eigenvalue weighted by molar-refractivity contribution is -0.137. The summed E-state index contributed by atoms with van der Waals surface area (Å²) in [5, 5.41) is 2.38. The number of amides is 2. The minimum Gasteiger partial charge on any atom is -0.484 e. The molecule has 0 aliphatic carbocycles. The van der Waals surface area contributed by atoms with Crippen LogP contribution in [0.25, 0.3) is 6.08 Å². The summed E-state index contributed by atoms with van der Waals surface area (Å²) in [6, 6.07) is 11.1. The summed E-state index contributed by atoms with van der Waals surface area (Å²) in [4.78, 5) is 26.9. The minimum absolute atomic E-state index is 0.0130. The standard InChI is InChI=1S/C24H21F3N2O4S2/c25-24(26,27)16-3-1-4-17(12-16)28-21(30)14-33-18-8-6-15(7-9-18)11-20-22(31)29(23(34)35-20)13-19-5-2-10-32-19/h1,3-4,6-9,11-12,19H,2,5,10,13-14H2,(H,28,30)/b20-11-/t19-/m0/s1. The molecule has 6 nitrogen and oxygen atoms in total. The summed E-state index contributed by atoms with van der Waals surface area (Å²) >= 11 is 6.60. The summed E-state index contributed by atoms with van der Waals surface area (Å²) in [6.45, 7) is 0.783. The molecule has 1 N–H and O–H groups in total. The lowest BCUT2D eigenvalue weighted by atomic mass is 10.2. The lowest BCUT2D eigenvalue weighted by Gasteiger charge is -2.18. The highest BCUT2D eigenvalue weighted by molar-refractivity contribution is 8.26. The molecule has 4 rings (SSSR count). The molecule has 35 heavy (non-hydrogen) atoms. The lowest BCUT2D eigenvalue weighted by Crippen LogP contribution is -2.35. The zero-order valence-corrected chi connectivity index (χ0v) is 20.0. The molecule has 11 heteroatoms. The van der Waals surface area contributed by atoms with Gasteiger partial charge < -0.3 is 14.8 Å². The van der Waals surface area contributed by atoms with Gasteiger partial charge in [-0.3, -0.25) is 14.5 Å². The molecule has 2 fully saturated rings. The second-order valence-electron chi connectivity index (χ2n) is 7.91. The number of ether oxygens (including phenoxy) is 2. The Labute approximate surface area is 209 Å². The van der Waals surface area contributed by atoms with Gasteiger partial charge in [-0.1, -0.05) is 42.2 Å². The fourth-order valence-corrected chi connectivity index (χ4v) is 4.86. The van der Waals surface area contributed by atoms with Gasteiger partial charge in [0, 0.05) is 12.3 Å². The van der Waals surface area contributed by atoms with E-state index >= 15 is 0 Å². The molecule has 1 atom stereocenters. The Kier molecular flexibility index (Phi) is 7.78. The molecule has 0 radical (unpaired) electrons. The monoisotopic (exact) mass is 522 g/mol. The van der Waals surface area contributed by atoms with Crippen molar-refractivity contribution in [3.63, 3.8) is 0 Å². The van der Waals surface area contributed by atoms with E-state index in [1.807, 2.05) is 0 Å². The van der Waals surface area contributed by atoms with Crippen LogP contribution in [-0.4, -0.2) is 46.9 Å². The normalized spacial score (nSPS) is 19.5. The summed E-state index contributed by atoms with van der Waals surface area (Å²) in [5.41, 5.74) is -0.0699. The number of rotatable bonds is 7. The third-order valence-electron chi connectivity index (χ3n) is 5.31. The number of thioether (sulfide) groups is 1. The van der Waals surface area contributed by atoms with Gasteiger partial charge >= 0.3 is 6.18 Å². The highest BCUT2D eigenvalue weighted by Gasteiger charge is 2.34. The van der Waals surface area contributed by atoms with E-state index in [9.17, 15) is 22.8 Å². The number of carbonyl (C=O) groups excluding carboxylic acids is 2. The molecule has 0 spiro atoms. The van der Waals surface area contributed by atoms with Crippen molar-refractivity contribution in [2.45, 2.75) is 25.1 Å². The summed E-state index contributed by atoms with van der Waals surface area (Å²) in [5.74, 6) is -0.349. The second kappa shape index (κ2) is 10.8. The molecule has 0 unspecified atom stereocenters. The molecule has 2 amide bonds. The molecular formula is C24H21F3N2O4S2. The molecule has 0 bridgehead atoms. The Balaban J connectivity index is 1.30. The molecule has 2 aliphatic rings. The first-order chi connectivity index (χ1) is 16.7. The number of thiocarbonyl (C=S) groups is 1. The molecule has 184 valence electrons. The van der Waals surface area contributed by atoms with Crippen LogP contribution >= 0.6 is 24.0 Å². The smallest absolute Gasteiger partial charge is 0.416 e. The third kappa shape index (κ3) is 6.62. The number of hydrogen-bond acceptors (Lipinski definition) is 6. The first kappa shape index (κ1) is 25.2. The molecule has 2 heterocycles.